The van der Waals surface area contributed by atoms with Gasteiger partial charge in [-0.3, -0.25) is 9.59 Å². The van der Waals surface area contributed by atoms with Crippen LogP contribution < -0.4 is 26.7 Å². The third-order valence-electron chi connectivity index (χ3n) is 4.38. The maximum absolute atomic E-state index is 13.4. The summed E-state index contributed by atoms with van der Waals surface area (Å²) in [6.07, 6.45) is 1.46. The molecule has 10 heteroatoms. The number of carbonyl (C=O) groups is 2. The Balaban J connectivity index is 1.55. The number of hydrogen-bond donors (Lipinski definition) is 3. The highest BCUT2D eigenvalue weighted by atomic mass is 19.2. The van der Waals surface area contributed by atoms with E-state index in [1.165, 1.54) is 29.0 Å². The molecule has 3 amide bonds. The second kappa shape index (κ2) is 10.2. The zero-order valence-electron chi connectivity index (χ0n) is 16.8. The number of primary amides is 1. The first-order chi connectivity index (χ1) is 15.3. The number of hydrogen-bond acceptors (Lipinski definition) is 4. The van der Waals surface area contributed by atoms with Gasteiger partial charge in [0.15, 0.2) is 11.6 Å². The van der Waals surface area contributed by atoms with E-state index in [1.54, 1.807) is 24.3 Å². The number of rotatable bonds is 8. The van der Waals surface area contributed by atoms with Crippen LogP contribution in [0, 0.1) is 11.6 Å². The molecule has 8 nitrogen and oxygen atoms in total. The highest BCUT2D eigenvalue weighted by Crippen LogP contribution is 2.15. The van der Waals surface area contributed by atoms with Gasteiger partial charge in [0.05, 0.1) is 13.1 Å². The number of anilines is 1. The predicted molar refractivity (Wildman–Crippen MR) is 114 cm³/mol. The van der Waals surface area contributed by atoms with Gasteiger partial charge in [-0.05, 0) is 54.1 Å². The number of carbonyl (C=O) groups excluding carboxylic acids is 2. The molecular formula is C22H20F2N4O4. The van der Waals surface area contributed by atoms with Gasteiger partial charge in [-0.1, -0.05) is 6.07 Å². The fourth-order valence-corrected chi connectivity index (χ4v) is 2.87. The number of aromatic nitrogens is 1. The molecule has 2 aromatic carbocycles. The van der Waals surface area contributed by atoms with Gasteiger partial charge in [-0.15, -0.1) is 0 Å². The predicted octanol–water partition coefficient (Wildman–Crippen LogP) is 2.47. The van der Waals surface area contributed by atoms with Crippen molar-refractivity contribution in [1.29, 1.82) is 0 Å². The molecule has 32 heavy (non-hydrogen) atoms. The van der Waals surface area contributed by atoms with Gasteiger partial charge in [-0.25, -0.2) is 13.6 Å². The van der Waals surface area contributed by atoms with Crippen molar-refractivity contribution in [3.8, 4) is 5.75 Å². The van der Waals surface area contributed by atoms with E-state index in [0.29, 0.717) is 17.0 Å². The molecule has 0 aliphatic rings. The van der Waals surface area contributed by atoms with E-state index in [4.69, 9.17) is 10.5 Å². The summed E-state index contributed by atoms with van der Waals surface area (Å²) in [5, 5.41) is 5.02. The molecule has 3 aromatic rings. The molecule has 1 heterocycles. The molecule has 4 N–H and O–H groups in total. The zero-order chi connectivity index (χ0) is 23.1. The van der Waals surface area contributed by atoms with Gasteiger partial charge in [-0.2, -0.15) is 0 Å². The summed E-state index contributed by atoms with van der Waals surface area (Å²) < 4.78 is 33.2. The van der Waals surface area contributed by atoms with Gasteiger partial charge in [0.25, 0.3) is 11.5 Å². The largest absolute Gasteiger partial charge is 0.492 e. The molecule has 0 radical (unpaired) electrons. The quantitative estimate of drug-likeness (QED) is 0.465. The maximum Gasteiger partial charge on any atom is 0.316 e. The number of benzene rings is 2. The van der Waals surface area contributed by atoms with Crippen LogP contribution in [0.25, 0.3) is 0 Å². The average Bonchev–Trinajstić information content (AvgIpc) is 2.76. The molecule has 0 unspecified atom stereocenters. The van der Waals surface area contributed by atoms with E-state index in [1.807, 2.05) is 0 Å². The first-order valence-corrected chi connectivity index (χ1v) is 9.54. The van der Waals surface area contributed by atoms with E-state index < -0.39 is 29.1 Å². The molecule has 0 spiro atoms. The van der Waals surface area contributed by atoms with Crippen molar-refractivity contribution in [2.45, 2.75) is 6.54 Å². The van der Waals surface area contributed by atoms with Gasteiger partial charge in [0.1, 0.15) is 17.9 Å². The standard InChI is InChI=1S/C22H20F2N4O4/c23-18-8-3-14(12-19(18)24)13-28-10-1-2-17(21(28)30)20(29)26-9-11-32-16-6-4-15(5-7-16)27-22(25)31/h1-8,10,12H,9,11,13H2,(H,26,29)(H3,25,27,31). The van der Waals surface area contributed by atoms with Crippen LogP contribution in [0.2, 0.25) is 0 Å². The normalized spacial score (nSPS) is 10.4. The molecule has 0 atom stereocenters. The summed E-state index contributed by atoms with van der Waals surface area (Å²) in [5.74, 6) is -2.06. The molecule has 0 aliphatic heterocycles. The number of nitrogens with one attached hydrogen (secondary N) is 2. The van der Waals surface area contributed by atoms with Crippen LogP contribution in [0.4, 0.5) is 19.3 Å². The fourth-order valence-electron chi connectivity index (χ4n) is 2.87. The number of amides is 3. The Morgan fingerprint density at radius 3 is 2.47 bits per heavy atom. The Labute approximate surface area is 181 Å². The smallest absolute Gasteiger partial charge is 0.316 e. The lowest BCUT2D eigenvalue weighted by Crippen LogP contribution is -2.34. The highest BCUT2D eigenvalue weighted by Gasteiger charge is 2.12. The molecule has 0 aliphatic carbocycles. The summed E-state index contributed by atoms with van der Waals surface area (Å²) >= 11 is 0. The van der Waals surface area contributed by atoms with Crippen molar-refractivity contribution in [3.05, 3.63) is 93.9 Å². The summed E-state index contributed by atoms with van der Waals surface area (Å²) in [6, 6.07) is 12.0. The molecular weight excluding hydrogens is 422 g/mol. The van der Waals surface area contributed by atoms with Crippen molar-refractivity contribution in [1.82, 2.24) is 9.88 Å². The Morgan fingerprint density at radius 1 is 1.03 bits per heavy atom. The summed E-state index contributed by atoms with van der Waals surface area (Å²) in [6.45, 7) is 0.267. The molecule has 1 aromatic heterocycles. The Morgan fingerprint density at radius 2 is 1.78 bits per heavy atom. The number of urea groups is 1. The minimum absolute atomic E-state index is 0.0130. The summed E-state index contributed by atoms with van der Waals surface area (Å²) in [5.41, 5.74) is 5.28. The minimum atomic E-state index is -1.01. The molecule has 166 valence electrons. The first kappa shape index (κ1) is 22.5. The van der Waals surface area contributed by atoms with Crippen LogP contribution in [0.5, 0.6) is 5.75 Å². The van der Waals surface area contributed by atoms with E-state index in [9.17, 15) is 23.2 Å². The Hall–Kier alpha value is -4.21. The monoisotopic (exact) mass is 442 g/mol. The maximum atomic E-state index is 13.4. The van der Waals surface area contributed by atoms with Crippen LogP contribution in [0.1, 0.15) is 15.9 Å². The van der Waals surface area contributed by atoms with Crippen molar-refractivity contribution >= 4 is 17.6 Å². The third kappa shape index (κ3) is 5.91. The lowest BCUT2D eigenvalue weighted by Gasteiger charge is -2.10. The third-order valence-corrected chi connectivity index (χ3v) is 4.38. The van der Waals surface area contributed by atoms with Crippen LogP contribution in [-0.4, -0.2) is 29.7 Å². The zero-order valence-corrected chi connectivity index (χ0v) is 16.8. The number of halogens is 2. The SMILES string of the molecule is NC(=O)Nc1ccc(OCCNC(=O)c2cccn(Cc3ccc(F)c(F)c3)c2=O)cc1. The van der Waals surface area contributed by atoms with Crippen LogP contribution in [0.3, 0.4) is 0 Å². The van der Waals surface area contributed by atoms with Crippen LogP contribution in [0.15, 0.2) is 65.6 Å². The number of nitrogens with zero attached hydrogens (tertiary/aromatic N) is 1. The van der Waals surface area contributed by atoms with Crippen molar-refractivity contribution in [2.75, 3.05) is 18.5 Å². The molecule has 0 saturated heterocycles. The molecule has 0 bridgehead atoms. The van der Waals surface area contributed by atoms with Crippen molar-refractivity contribution in [2.24, 2.45) is 5.73 Å². The Bertz CT molecular complexity index is 1180. The topological polar surface area (TPSA) is 115 Å². The number of pyridine rings is 1. The minimum Gasteiger partial charge on any atom is -0.492 e. The van der Waals surface area contributed by atoms with E-state index >= 15 is 0 Å². The van der Waals surface area contributed by atoms with Gasteiger partial charge in [0.2, 0.25) is 0 Å². The van der Waals surface area contributed by atoms with Crippen molar-refractivity contribution in [3.63, 3.8) is 0 Å². The van der Waals surface area contributed by atoms with Gasteiger partial charge >= 0.3 is 6.03 Å². The van der Waals surface area contributed by atoms with Gasteiger partial charge < -0.3 is 25.7 Å². The average molecular weight is 442 g/mol. The molecule has 3 rings (SSSR count). The van der Waals surface area contributed by atoms with Gasteiger partial charge in [0, 0.05) is 11.9 Å². The van der Waals surface area contributed by atoms with Crippen LogP contribution in [-0.2, 0) is 6.54 Å². The lowest BCUT2D eigenvalue weighted by molar-refractivity contribution is 0.0945. The number of nitrogens with two attached hydrogens (primary N) is 1. The van der Waals surface area contributed by atoms with E-state index in [2.05, 4.69) is 10.6 Å². The second-order valence-corrected chi connectivity index (χ2v) is 6.72. The second-order valence-electron chi connectivity index (χ2n) is 6.72. The lowest BCUT2D eigenvalue weighted by atomic mass is 10.2. The fraction of sp³-hybridized carbons (Fsp3) is 0.136. The number of ether oxygens (including phenoxy) is 1. The van der Waals surface area contributed by atoms with E-state index in [-0.39, 0.29) is 25.3 Å². The summed E-state index contributed by atoms with van der Waals surface area (Å²) in [4.78, 5) is 35.8. The van der Waals surface area contributed by atoms with Crippen molar-refractivity contribution < 1.29 is 23.1 Å². The Kier molecular flexibility index (Phi) is 7.17. The van der Waals surface area contributed by atoms with Crippen LogP contribution >= 0.6 is 0 Å². The van der Waals surface area contributed by atoms with E-state index in [0.717, 1.165) is 12.1 Å². The first-order valence-electron chi connectivity index (χ1n) is 9.54. The highest BCUT2D eigenvalue weighted by molar-refractivity contribution is 5.93. The molecule has 0 saturated carbocycles. The molecule has 0 fully saturated rings. The summed E-state index contributed by atoms with van der Waals surface area (Å²) in [7, 11) is 0.